The molecule has 1 aliphatic heterocycles. The number of ether oxygens (including phenoxy) is 2. The van der Waals surface area contributed by atoms with Gasteiger partial charge in [0, 0.05) is 17.5 Å². The maximum atomic E-state index is 11.1. The van der Waals surface area contributed by atoms with Gasteiger partial charge in [-0.25, -0.2) is 4.79 Å². The van der Waals surface area contributed by atoms with Crippen LogP contribution >= 0.6 is 0 Å². The van der Waals surface area contributed by atoms with Gasteiger partial charge < -0.3 is 34.3 Å². The summed E-state index contributed by atoms with van der Waals surface area (Å²) in [4.78, 5) is 11.1. The normalized spacial score (nSPS) is 28.1. The maximum Gasteiger partial charge on any atom is 0.336 e. The van der Waals surface area contributed by atoms with Crippen molar-refractivity contribution in [3.05, 3.63) is 34.7 Å². The second-order valence-electron chi connectivity index (χ2n) is 4.94. The van der Waals surface area contributed by atoms with Gasteiger partial charge in [0.05, 0.1) is 6.61 Å². The van der Waals surface area contributed by atoms with E-state index in [4.69, 9.17) is 19.0 Å². The van der Waals surface area contributed by atoms with Crippen LogP contribution < -0.4 is 10.4 Å². The van der Waals surface area contributed by atoms with Gasteiger partial charge in [-0.15, -0.1) is 0 Å². The summed E-state index contributed by atoms with van der Waals surface area (Å²) < 4.78 is 15.4. The lowest BCUT2D eigenvalue weighted by Crippen LogP contribution is -2.35. The minimum absolute atomic E-state index is 0.0174. The standard InChI is InChI=1S/C14H14O8/c15-5-10-12(18)13(19)14(22-10)21-9-3-6-1-2-11(17)20-8(6)4-7(9)16/h1-4,10,12-16,18-19H,5H2/t10-,12-,13+,14-/m1/s1. The van der Waals surface area contributed by atoms with Gasteiger partial charge in [0.1, 0.15) is 23.9 Å². The number of benzene rings is 1. The number of fused-ring (bicyclic) bond motifs is 1. The third-order valence-electron chi connectivity index (χ3n) is 3.44. The summed E-state index contributed by atoms with van der Waals surface area (Å²) in [7, 11) is 0. The van der Waals surface area contributed by atoms with Crippen LogP contribution in [0, 0.1) is 0 Å². The van der Waals surface area contributed by atoms with Crippen LogP contribution in [0.15, 0.2) is 33.5 Å². The van der Waals surface area contributed by atoms with E-state index >= 15 is 0 Å². The summed E-state index contributed by atoms with van der Waals surface area (Å²) in [5.74, 6) is -0.337. The van der Waals surface area contributed by atoms with Crippen molar-refractivity contribution in [3.8, 4) is 11.5 Å². The number of hydrogen-bond donors (Lipinski definition) is 4. The molecule has 3 rings (SSSR count). The van der Waals surface area contributed by atoms with E-state index in [1.54, 1.807) is 0 Å². The Kier molecular flexibility index (Phi) is 3.75. The Morgan fingerprint density at radius 3 is 2.64 bits per heavy atom. The molecule has 4 N–H and O–H groups in total. The molecule has 2 aromatic rings. The first kappa shape index (κ1) is 14.8. The molecular weight excluding hydrogens is 296 g/mol. The molecule has 8 nitrogen and oxygen atoms in total. The summed E-state index contributed by atoms with van der Waals surface area (Å²) in [6.45, 7) is -0.479. The summed E-state index contributed by atoms with van der Waals surface area (Å²) >= 11 is 0. The number of rotatable bonds is 3. The molecule has 1 saturated heterocycles. The quantitative estimate of drug-likeness (QED) is 0.549. The van der Waals surface area contributed by atoms with Gasteiger partial charge in [-0.3, -0.25) is 0 Å². The summed E-state index contributed by atoms with van der Waals surface area (Å²) in [5.41, 5.74) is -0.373. The van der Waals surface area contributed by atoms with E-state index in [0.29, 0.717) is 5.39 Å². The van der Waals surface area contributed by atoms with E-state index in [9.17, 15) is 20.1 Å². The number of phenols is 1. The van der Waals surface area contributed by atoms with Crippen molar-refractivity contribution in [2.45, 2.75) is 24.6 Å². The van der Waals surface area contributed by atoms with E-state index in [1.807, 2.05) is 0 Å². The number of aliphatic hydroxyl groups excluding tert-OH is 3. The summed E-state index contributed by atoms with van der Waals surface area (Å²) in [6.07, 6.45) is -4.89. The predicted molar refractivity (Wildman–Crippen MR) is 72.5 cm³/mol. The molecule has 1 aromatic carbocycles. The van der Waals surface area contributed by atoms with Gasteiger partial charge >= 0.3 is 5.63 Å². The van der Waals surface area contributed by atoms with Crippen molar-refractivity contribution in [1.82, 2.24) is 0 Å². The number of aromatic hydroxyl groups is 1. The minimum atomic E-state index is -1.37. The van der Waals surface area contributed by atoms with Crippen molar-refractivity contribution in [2.75, 3.05) is 6.61 Å². The van der Waals surface area contributed by atoms with Crippen LogP contribution in [0.5, 0.6) is 11.5 Å². The second kappa shape index (κ2) is 5.58. The maximum absolute atomic E-state index is 11.1. The highest BCUT2D eigenvalue weighted by Crippen LogP contribution is 2.34. The van der Waals surface area contributed by atoms with Crippen LogP contribution in [0.4, 0.5) is 0 Å². The van der Waals surface area contributed by atoms with Crippen LogP contribution in [-0.2, 0) is 4.74 Å². The van der Waals surface area contributed by atoms with E-state index in [1.165, 1.54) is 24.3 Å². The van der Waals surface area contributed by atoms with Crippen molar-refractivity contribution < 1.29 is 34.3 Å². The highest BCUT2D eigenvalue weighted by Gasteiger charge is 2.44. The molecule has 2 heterocycles. The Hall–Kier alpha value is -2.13. The number of phenolic OH excluding ortho intramolecular Hbond substituents is 1. The first-order valence-corrected chi connectivity index (χ1v) is 6.55. The second-order valence-corrected chi connectivity index (χ2v) is 4.94. The van der Waals surface area contributed by atoms with Crippen molar-refractivity contribution in [2.24, 2.45) is 0 Å². The van der Waals surface area contributed by atoms with Gasteiger partial charge in [0.25, 0.3) is 0 Å². The molecule has 1 aromatic heterocycles. The molecule has 0 unspecified atom stereocenters. The van der Waals surface area contributed by atoms with Gasteiger partial charge in [0.15, 0.2) is 11.5 Å². The number of aliphatic hydroxyl groups is 3. The van der Waals surface area contributed by atoms with E-state index < -0.39 is 36.8 Å². The molecule has 0 aliphatic carbocycles. The molecule has 0 spiro atoms. The third kappa shape index (κ3) is 2.53. The smallest absolute Gasteiger partial charge is 0.336 e. The Balaban J connectivity index is 1.89. The minimum Gasteiger partial charge on any atom is -0.504 e. The summed E-state index contributed by atoms with van der Waals surface area (Å²) in [5, 5.41) is 38.9. The molecule has 22 heavy (non-hydrogen) atoms. The van der Waals surface area contributed by atoms with Crippen LogP contribution in [0.25, 0.3) is 11.0 Å². The van der Waals surface area contributed by atoms with Gasteiger partial charge in [-0.1, -0.05) is 0 Å². The van der Waals surface area contributed by atoms with Crippen LogP contribution in [0.3, 0.4) is 0 Å². The van der Waals surface area contributed by atoms with Crippen molar-refractivity contribution in [3.63, 3.8) is 0 Å². The zero-order chi connectivity index (χ0) is 15.9. The molecule has 8 heteroatoms. The van der Waals surface area contributed by atoms with Crippen LogP contribution in [0.1, 0.15) is 0 Å². The molecule has 4 atom stereocenters. The largest absolute Gasteiger partial charge is 0.504 e. The first-order chi connectivity index (χ1) is 10.5. The number of hydrogen-bond acceptors (Lipinski definition) is 8. The predicted octanol–water partition coefficient (Wildman–Crippen LogP) is -0.684. The first-order valence-electron chi connectivity index (χ1n) is 6.55. The van der Waals surface area contributed by atoms with E-state index in [0.717, 1.165) is 0 Å². The monoisotopic (exact) mass is 310 g/mol. The van der Waals surface area contributed by atoms with Gasteiger partial charge in [-0.05, 0) is 12.1 Å². The Labute approximate surface area is 123 Å². The Morgan fingerprint density at radius 2 is 1.95 bits per heavy atom. The molecule has 0 radical (unpaired) electrons. The fraction of sp³-hybridized carbons (Fsp3) is 0.357. The van der Waals surface area contributed by atoms with Crippen LogP contribution in [-0.4, -0.2) is 51.6 Å². The SMILES string of the molecule is O=c1ccc2cc(O[C@@H]3O[C@H](CO)[C@@H](O)[C@@H]3O)c(O)cc2o1. The molecule has 1 fully saturated rings. The van der Waals surface area contributed by atoms with Gasteiger partial charge in [-0.2, -0.15) is 0 Å². The molecule has 0 saturated carbocycles. The highest BCUT2D eigenvalue weighted by molar-refractivity contribution is 5.80. The van der Waals surface area contributed by atoms with Crippen molar-refractivity contribution >= 4 is 11.0 Å². The Bertz CT molecular complexity index is 739. The molecule has 1 aliphatic rings. The lowest BCUT2D eigenvalue weighted by Gasteiger charge is -2.17. The van der Waals surface area contributed by atoms with Crippen molar-refractivity contribution in [1.29, 1.82) is 0 Å². The summed E-state index contributed by atoms with van der Waals surface area (Å²) in [6, 6.07) is 5.32. The fourth-order valence-electron chi connectivity index (χ4n) is 2.27. The van der Waals surface area contributed by atoms with E-state index in [2.05, 4.69) is 0 Å². The highest BCUT2D eigenvalue weighted by atomic mass is 16.7. The van der Waals surface area contributed by atoms with Crippen LogP contribution in [0.2, 0.25) is 0 Å². The third-order valence-corrected chi connectivity index (χ3v) is 3.44. The average molecular weight is 310 g/mol. The lowest BCUT2D eigenvalue weighted by atomic mass is 10.1. The average Bonchev–Trinajstić information content (AvgIpc) is 2.76. The topological polar surface area (TPSA) is 130 Å². The van der Waals surface area contributed by atoms with Gasteiger partial charge in [0.2, 0.25) is 6.29 Å². The fourth-order valence-corrected chi connectivity index (χ4v) is 2.27. The van der Waals surface area contributed by atoms with E-state index in [-0.39, 0.29) is 17.1 Å². The zero-order valence-corrected chi connectivity index (χ0v) is 11.2. The molecular formula is C14H14O8. The Morgan fingerprint density at radius 1 is 1.18 bits per heavy atom. The zero-order valence-electron chi connectivity index (χ0n) is 11.2. The molecule has 118 valence electrons. The molecule has 0 amide bonds. The molecule has 0 bridgehead atoms. The lowest BCUT2D eigenvalue weighted by molar-refractivity contribution is -0.117.